The van der Waals surface area contributed by atoms with Crippen molar-refractivity contribution in [2.24, 2.45) is 5.10 Å². The van der Waals surface area contributed by atoms with E-state index in [1.165, 1.54) is 6.21 Å². The normalized spacial score (nSPS) is 12.1. The number of benzene rings is 2. The van der Waals surface area contributed by atoms with Gasteiger partial charge < -0.3 is 19.5 Å². The minimum absolute atomic E-state index is 0.129. The third kappa shape index (κ3) is 5.01. The predicted molar refractivity (Wildman–Crippen MR) is 106 cm³/mol. The second-order valence-electron chi connectivity index (χ2n) is 5.66. The van der Waals surface area contributed by atoms with E-state index in [4.69, 9.17) is 14.2 Å². The molecule has 8 nitrogen and oxygen atoms in total. The number of nitrogens with zero attached hydrogens (tertiary/aromatic N) is 1. The van der Waals surface area contributed by atoms with Gasteiger partial charge in [0.05, 0.1) is 19.4 Å². The predicted octanol–water partition coefficient (Wildman–Crippen LogP) is 2.46. The molecule has 0 atom stereocenters. The molecule has 0 saturated heterocycles. The van der Waals surface area contributed by atoms with Gasteiger partial charge in [0.1, 0.15) is 5.75 Å². The summed E-state index contributed by atoms with van der Waals surface area (Å²) in [6.45, 7) is 2.31. The Bertz CT molecular complexity index is 916. The molecule has 0 spiro atoms. The minimum Gasteiger partial charge on any atom is -0.493 e. The van der Waals surface area contributed by atoms with Gasteiger partial charge in [0, 0.05) is 15.6 Å². The van der Waals surface area contributed by atoms with Crippen molar-refractivity contribution in [3.63, 3.8) is 0 Å². The van der Waals surface area contributed by atoms with Crippen molar-refractivity contribution in [1.82, 2.24) is 10.7 Å². The maximum Gasteiger partial charge on any atom is 0.259 e. The third-order valence-corrected chi connectivity index (χ3v) is 4.20. The average molecular weight is 448 g/mol. The summed E-state index contributed by atoms with van der Waals surface area (Å²) in [5.74, 6) is 0.879. The molecule has 0 bridgehead atoms. The molecule has 2 amide bonds. The molecule has 1 aliphatic heterocycles. The molecule has 0 radical (unpaired) electrons. The number of fused-ring (bicyclic) bond motifs is 1. The first kappa shape index (κ1) is 19.7. The van der Waals surface area contributed by atoms with Gasteiger partial charge in [-0.3, -0.25) is 9.59 Å². The Morgan fingerprint density at radius 2 is 2.04 bits per heavy atom. The number of hydrogen-bond donors (Lipinski definition) is 2. The highest BCUT2D eigenvalue weighted by atomic mass is 79.9. The van der Waals surface area contributed by atoms with Crippen molar-refractivity contribution >= 4 is 34.0 Å². The largest absolute Gasteiger partial charge is 0.493 e. The SMILES string of the molecule is CCOc1ccc(Br)cc1/C=N\NC(=O)CNC(=O)c1ccc2c(c1)OCO2. The first-order valence-corrected chi connectivity index (χ1v) is 9.28. The van der Waals surface area contributed by atoms with Crippen molar-refractivity contribution in [1.29, 1.82) is 0 Å². The zero-order chi connectivity index (χ0) is 19.9. The molecular formula is C19H18BrN3O5. The number of amides is 2. The Morgan fingerprint density at radius 3 is 2.86 bits per heavy atom. The summed E-state index contributed by atoms with van der Waals surface area (Å²) in [7, 11) is 0. The number of halogens is 1. The fraction of sp³-hybridized carbons (Fsp3) is 0.211. The van der Waals surface area contributed by atoms with Gasteiger partial charge in [-0.05, 0) is 43.3 Å². The molecule has 1 heterocycles. The number of rotatable bonds is 7. The number of hydrogen-bond acceptors (Lipinski definition) is 6. The zero-order valence-electron chi connectivity index (χ0n) is 15.0. The van der Waals surface area contributed by atoms with Gasteiger partial charge in [-0.25, -0.2) is 5.43 Å². The molecule has 2 aromatic carbocycles. The first-order valence-electron chi connectivity index (χ1n) is 8.49. The van der Waals surface area contributed by atoms with Gasteiger partial charge in [-0.1, -0.05) is 15.9 Å². The van der Waals surface area contributed by atoms with Crippen LogP contribution in [0.2, 0.25) is 0 Å². The summed E-state index contributed by atoms with van der Waals surface area (Å²) in [4.78, 5) is 24.1. The Balaban J connectivity index is 1.51. The Labute approximate surface area is 170 Å². The van der Waals surface area contributed by atoms with Gasteiger partial charge in [0.2, 0.25) is 6.79 Å². The van der Waals surface area contributed by atoms with Crippen molar-refractivity contribution < 1.29 is 23.8 Å². The third-order valence-electron chi connectivity index (χ3n) is 3.71. The van der Waals surface area contributed by atoms with E-state index in [0.717, 1.165) is 4.47 Å². The Kier molecular flexibility index (Phi) is 6.49. The smallest absolute Gasteiger partial charge is 0.259 e. The van der Waals surface area contributed by atoms with Crippen LogP contribution in [0, 0.1) is 0 Å². The maximum absolute atomic E-state index is 12.2. The lowest BCUT2D eigenvalue weighted by molar-refractivity contribution is -0.120. The molecule has 0 saturated carbocycles. The second kappa shape index (κ2) is 9.23. The molecule has 28 heavy (non-hydrogen) atoms. The molecule has 1 aliphatic rings. The monoisotopic (exact) mass is 447 g/mol. The molecule has 0 unspecified atom stereocenters. The Morgan fingerprint density at radius 1 is 1.21 bits per heavy atom. The molecule has 0 fully saturated rings. The lowest BCUT2D eigenvalue weighted by atomic mass is 10.2. The van der Waals surface area contributed by atoms with Crippen LogP contribution >= 0.6 is 15.9 Å². The van der Waals surface area contributed by atoms with Crippen molar-refractivity contribution in [2.45, 2.75) is 6.92 Å². The quantitative estimate of drug-likeness (QED) is 0.501. The van der Waals surface area contributed by atoms with Gasteiger partial charge in [-0.2, -0.15) is 5.10 Å². The second-order valence-corrected chi connectivity index (χ2v) is 6.57. The fourth-order valence-corrected chi connectivity index (χ4v) is 2.80. The first-order chi connectivity index (χ1) is 13.6. The van der Waals surface area contributed by atoms with Gasteiger partial charge in [-0.15, -0.1) is 0 Å². The molecule has 0 aromatic heterocycles. The summed E-state index contributed by atoms with van der Waals surface area (Å²) < 4.78 is 16.8. The molecule has 0 aliphatic carbocycles. The molecule has 146 valence electrons. The number of carbonyl (C=O) groups is 2. The summed E-state index contributed by atoms with van der Waals surface area (Å²) in [6.07, 6.45) is 1.48. The van der Waals surface area contributed by atoms with Crippen LogP contribution in [0.15, 0.2) is 46.0 Å². The molecule has 9 heteroatoms. The molecule has 2 aromatic rings. The summed E-state index contributed by atoms with van der Waals surface area (Å²) in [5, 5.41) is 6.44. The van der Waals surface area contributed by atoms with Crippen LogP contribution in [-0.4, -0.2) is 38.0 Å². The van der Waals surface area contributed by atoms with E-state index < -0.39 is 11.8 Å². The van der Waals surface area contributed by atoms with Crippen LogP contribution in [0.25, 0.3) is 0 Å². The van der Waals surface area contributed by atoms with Crippen LogP contribution in [-0.2, 0) is 4.79 Å². The van der Waals surface area contributed by atoms with Crippen molar-refractivity contribution in [3.8, 4) is 17.2 Å². The van der Waals surface area contributed by atoms with Crippen molar-refractivity contribution in [3.05, 3.63) is 52.0 Å². The summed E-state index contributed by atoms with van der Waals surface area (Å²) in [6, 6.07) is 10.3. The van der Waals surface area contributed by atoms with E-state index >= 15 is 0 Å². The van der Waals surface area contributed by atoms with E-state index in [0.29, 0.717) is 35.0 Å². The number of hydrazone groups is 1. The van der Waals surface area contributed by atoms with Gasteiger partial charge >= 0.3 is 0 Å². The van der Waals surface area contributed by atoms with E-state index in [1.807, 2.05) is 25.1 Å². The fourth-order valence-electron chi connectivity index (χ4n) is 2.42. The minimum atomic E-state index is -0.460. The maximum atomic E-state index is 12.2. The standard InChI is InChI=1S/C19H18BrN3O5/c1-2-26-15-6-4-14(20)7-13(15)9-22-23-18(24)10-21-19(25)12-3-5-16-17(8-12)28-11-27-16/h3-9H,2,10-11H2,1H3,(H,21,25)(H,23,24)/b22-9-. The van der Waals surface area contributed by atoms with E-state index in [-0.39, 0.29) is 13.3 Å². The van der Waals surface area contributed by atoms with Crippen LogP contribution in [0.1, 0.15) is 22.8 Å². The lowest BCUT2D eigenvalue weighted by Gasteiger charge is -2.07. The number of carbonyl (C=O) groups excluding carboxylic acids is 2. The van der Waals surface area contributed by atoms with Gasteiger partial charge in [0.25, 0.3) is 11.8 Å². The number of nitrogens with one attached hydrogen (secondary N) is 2. The molecular weight excluding hydrogens is 430 g/mol. The van der Waals surface area contributed by atoms with Crippen LogP contribution in [0.3, 0.4) is 0 Å². The molecule has 2 N–H and O–H groups in total. The summed E-state index contributed by atoms with van der Waals surface area (Å²) >= 11 is 3.38. The highest BCUT2D eigenvalue weighted by molar-refractivity contribution is 9.10. The number of ether oxygens (including phenoxy) is 3. The van der Waals surface area contributed by atoms with E-state index in [1.54, 1.807) is 18.2 Å². The van der Waals surface area contributed by atoms with E-state index in [2.05, 4.69) is 31.8 Å². The van der Waals surface area contributed by atoms with Crippen LogP contribution in [0.4, 0.5) is 0 Å². The highest BCUT2D eigenvalue weighted by Gasteiger charge is 2.16. The topological polar surface area (TPSA) is 98.2 Å². The lowest BCUT2D eigenvalue weighted by Crippen LogP contribution is -2.34. The average Bonchev–Trinajstić information content (AvgIpc) is 3.16. The zero-order valence-corrected chi connectivity index (χ0v) is 16.6. The summed E-state index contributed by atoms with van der Waals surface area (Å²) in [5.41, 5.74) is 3.45. The Hall–Kier alpha value is -3.07. The van der Waals surface area contributed by atoms with Gasteiger partial charge in [0.15, 0.2) is 11.5 Å². The van der Waals surface area contributed by atoms with Crippen LogP contribution in [0.5, 0.6) is 17.2 Å². The van der Waals surface area contributed by atoms with Crippen LogP contribution < -0.4 is 25.0 Å². The van der Waals surface area contributed by atoms with E-state index in [9.17, 15) is 9.59 Å². The highest BCUT2D eigenvalue weighted by Crippen LogP contribution is 2.32. The van der Waals surface area contributed by atoms with Crippen molar-refractivity contribution in [2.75, 3.05) is 19.9 Å². The molecule has 3 rings (SSSR count).